The lowest BCUT2D eigenvalue weighted by Crippen LogP contribution is -2.38. The van der Waals surface area contributed by atoms with Crippen molar-refractivity contribution in [3.8, 4) is 5.75 Å². The molecule has 17 heavy (non-hydrogen) atoms. The molecule has 0 bridgehead atoms. The molecule has 0 heterocycles. The molecule has 1 amide bonds. The number of rotatable bonds is 6. The molecule has 1 unspecified atom stereocenters. The molecule has 3 N–H and O–H groups in total. The van der Waals surface area contributed by atoms with Gasteiger partial charge in [-0.1, -0.05) is 6.07 Å². The van der Waals surface area contributed by atoms with Crippen LogP contribution in [-0.2, 0) is 4.79 Å². The van der Waals surface area contributed by atoms with Crippen LogP contribution in [0.25, 0.3) is 0 Å². The number of nitrogens with two attached hydrogens (primary N) is 1. The quantitative estimate of drug-likeness (QED) is 0.731. The second-order valence-corrected chi connectivity index (χ2v) is 3.74. The molecule has 1 rings (SSSR count). The van der Waals surface area contributed by atoms with E-state index in [-0.39, 0.29) is 11.7 Å². The summed E-state index contributed by atoms with van der Waals surface area (Å²) in [4.78, 5) is 11.1. The molecule has 0 aliphatic heterocycles. The molecule has 0 fully saturated rings. The highest BCUT2D eigenvalue weighted by molar-refractivity contribution is 5.80. The third-order valence-corrected chi connectivity index (χ3v) is 2.10. The predicted molar refractivity (Wildman–Crippen MR) is 63.2 cm³/mol. The van der Waals surface area contributed by atoms with Crippen molar-refractivity contribution >= 4 is 5.91 Å². The largest absolute Gasteiger partial charge is 0.493 e. The lowest BCUT2D eigenvalue weighted by Gasteiger charge is -2.08. The Hall–Kier alpha value is -1.62. The first-order valence-corrected chi connectivity index (χ1v) is 5.51. The molecule has 0 aliphatic rings. The number of ether oxygens (including phenoxy) is 1. The molecule has 1 aromatic carbocycles. The minimum atomic E-state index is -0.501. The second-order valence-electron chi connectivity index (χ2n) is 3.74. The maximum Gasteiger partial charge on any atom is 0.236 e. The van der Waals surface area contributed by atoms with Crippen LogP contribution in [0.2, 0.25) is 0 Å². The van der Waals surface area contributed by atoms with Crippen molar-refractivity contribution in [2.45, 2.75) is 19.4 Å². The summed E-state index contributed by atoms with van der Waals surface area (Å²) < 4.78 is 18.1. The van der Waals surface area contributed by atoms with Crippen molar-refractivity contribution in [3.05, 3.63) is 30.1 Å². The monoisotopic (exact) mass is 240 g/mol. The van der Waals surface area contributed by atoms with Gasteiger partial charge in [-0.25, -0.2) is 4.39 Å². The third kappa shape index (κ3) is 5.31. The van der Waals surface area contributed by atoms with E-state index in [0.717, 1.165) is 0 Å². The highest BCUT2D eigenvalue weighted by Crippen LogP contribution is 2.11. The van der Waals surface area contributed by atoms with E-state index in [2.05, 4.69) is 5.32 Å². The van der Waals surface area contributed by atoms with Gasteiger partial charge in [0.15, 0.2) is 0 Å². The number of halogens is 1. The lowest BCUT2D eigenvalue weighted by molar-refractivity contribution is -0.121. The zero-order valence-electron chi connectivity index (χ0n) is 9.78. The van der Waals surface area contributed by atoms with E-state index >= 15 is 0 Å². The number of nitrogens with one attached hydrogen (secondary N) is 1. The fraction of sp³-hybridized carbons (Fsp3) is 0.417. The van der Waals surface area contributed by atoms with Gasteiger partial charge in [0.2, 0.25) is 5.91 Å². The smallest absolute Gasteiger partial charge is 0.236 e. The molecule has 0 aromatic heterocycles. The van der Waals surface area contributed by atoms with Crippen LogP contribution in [0.4, 0.5) is 4.39 Å². The molecule has 0 saturated carbocycles. The molecule has 1 aromatic rings. The average molecular weight is 240 g/mol. The fourth-order valence-electron chi connectivity index (χ4n) is 1.19. The molecule has 0 spiro atoms. The first-order chi connectivity index (χ1) is 8.09. The summed E-state index contributed by atoms with van der Waals surface area (Å²) in [7, 11) is 0. The number of carbonyl (C=O) groups is 1. The Kier molecular flexibility index (Phi) is 5.42. The molecule has 4 nitrogen and oxygen atoms in total. The Labute approximate surface area is 100.0 Å². The van der Waals surface area contributed by atoms with Gasteiger partial charge in [-0.05, 0) is 25.5 Å². The summed E-state index contributed by atoms with van der Waals surface area (Å²) in [5.74, 6) is -0.0213. The highest BCUT2D eigenvalue weighted by Gasteiger charge is 2.05. The number of amides is 1. The maximum absolute atomic E-state index is 12.8. The molecule has 94 valence electrons. The molecule has 0 aliphatic carbocycles. The SMILES string of the molecule is CC(N)C(=O)NCCCOc1cccc(F)c1. The molecular weight excluding hydrogens is 223 g/mol. The van der Waals surface area contributed by atoms with E-state index in [0.29, 0.717) is 25.3 Å². The second kappa shape index (κ2) is 6.85. The maximum atomic E-state index is 12.8. The van der Waals surface area contributed by atoms with Crippen LogP contribution in [-0.4, -0.2) is 25.1 Å². The van der Waals surface area contributed by atoms with Gasteiger partial charge in [0.25, 0.3) is 0 Å². The van der Waals surface area contributed by atoms with Gasteiger partial charge in [0.1, 0.15) is 11.6 Å². The van der Waals surface area contributed by atoms with Crippen LogP contribution >= 0.6 is 0 Å². The Bertz CT molecular complexity index is 369. The van der Waals surface area contributed by atoms with E-state index in [4.69, 9.17) is 10.5 Å². The summed E-state index contributed by atoms with van der Waals surface area (Å²) in [6, 6.07) is 5.45. The Morgan fingerprint density at radius 2 is 2.35 bits per heavy atom. The summed E-state index contributed by atoms with van der Waals surface area (Å²) >= 11 is 0. The molecule has 1 atom stereocenters. The van der Waals surface area contributed by atoms with Crippen LogP contribution in [0.5, 0.6) is 5.75 Å². The number of carbonyl (C=O) groups excluding carboxylic acids is 1. The minimum absolute atomic E-state index is 0.184. The Morgan fingerprint density at radius 3 is 3.00 bits per heavy atom. The van der Waals surface area contributed by atoms with Gasteiger partial charge >= 0.3 is 0 Å². The first-order valence-electron chi connectivity index (χ1n) is 5.51. The van der Waals surface area contributed by atoms with E-state index in [1.807, 2.05) is 0 Å². The summed E-state index contributed by atoms with van der Waals surface area (Å²) in [5.41, 5.74) is 5.37. The number of hydrogen-bond acceptors (Lipinski definition) is 3. The first kappa shape index (κ1) is 13.4. The van der Waals surface area contributed by atoms with Gasteiger partial charge in [-0.3, -0.25) is 4.79 Å². The zero-order chi connectivity index (χ0) is 12.7. The summed E-state index contributed by atoms with van der Waals surface area (Å²) in [6.45, 7) is 2.54. The Balaban J connectivity index is 2.14. The normalized spacial score (nSPS) is 11.9. The van der Waals surface area contributed by atoms with Gasteiger partial charge in [-0.15, -0.1) is 0 Å². The average Bonchev–Trinajstić information content (AvgIpc) is 2.28. The van der Waals surface area contributed by atoms with E-state index < -0.39 is 6.04 Å². The van der Waals surface area contributed by atoms with E-state index in [1.54, 1.807) is 19.1 Å². The standard InChI is InChI=1S/C12H17FN2O2/c1-9(14)12(16)15-6-3-7-17-11-5-2-4-10(13)8-11/h2,4-5,8-9H,3,6-7,14H2,1H3,(H,15,16). The van der Waals surface area contributed by atoms with Crippen LogP contribution in [0.1, 0.15) is 13.3 Å². The van der Waals surface area contributed by atoms with E-state index in [1.165, 1.54) is 12.1 Å². The summed E-state index contributed by atoms with van der Waals surface area (Å²) in [6.07, 6.45) is 0.648. The number of hydrogen-bond donors (Lipinski definition) is 2. The van der Waals surface area contributed by atoms with Gasteiger partial charge < -0.3 is 15.8 Å². The molecule has 5 heteroatoms. The highest BCUT2D eigenvalue weighted by atomic mass is 19.1. The van der Waals surface area contributed by atoms with Gasteiger partial charge in [0.05, 0.1) is 12.6 Å². The van der Waals surface area contributed by atoms with Crippen LogP contribution < -0.4 is 15.8 Å². The van der Waals surface area contributed by atoms with Crippen molar-refractivity contribution in [3.63, 3.8) is 0 Å². The fourth-order valence-corrected chi connectivity index (χ4v) is 1.19. The summed E-state index contributed by atoms with van der Waals surface area (Å²) in [5, 5.41) is 2.66. The van der Waals surface area contributed by atoms with E-state index in [9.17, 15) is 9.18 Å². The van der Waals surface area contributed by atoms with Crippen LogP contribution in [0.3, 0.4) is 0 Å². The van der Waals surface area contributed by atoms with Crippen molar-refractivity contribution in [2.75, 3.05) is 13.2 Å². The topological polar surface area (TPSA) is 64.4 Å². The van der Waals surface area contributed by atoms with Gasteiger partial charge in [-0.2, -0.15) is 0 Å². The number of benzene rings is 1. The van der Waals surface area contributed by atoms with Crippen molar-refractivity contribution in [1.82, 2.24) is 5.32 Å². The molecule has 0 saturated heterocycles. The lowest BCUT2D eigenvalue weighted by atomic mass is 10.3. The predicted octanol–water partition coefficient (Wildman–Crippen LogP) is 1.06. The van der Waals surface area contributed by atoms with Crippen LogP contribution in [0, 0.1) is 5.82 Å². The van der Waals surface area contributed by atoms with Crippen LogP contribution in [0.15, 0.2) is 24.3 Å². The third-order valence-electron chi connectivity index (χ3n) is 2.10. The zero-order valence-corrected chi connectivity index (χ0v) is 9.78. The van der Waals surface area contributed by atoms with Crippen molar-refractivity contribution in [2.24, 2.45) is 5.73 Å². The van der Waals surface area contributed by atoms with Crippen molar-refractivity contribution < 1.29 is 13.9 Å². The van der Waals surface area contributed by atoms with Gasteiger partial charge in [0, 0.05) is 12.6 Å². The minimum Gasteiger partial charge on any atom is -0.493 e. The van der Waals surface area contributed by atoms with Crippen molar-refractivity contribution in [1.29, 1.82) is 0 Å². The Morgan fingerprint density at radius 1 is 1.59 bits per heavy atom. The molecular formula is C12H17FN2O2. The molecule has 0 radical (unpaired) electrons.